The molecule has 0 bridgehead atoms. The molecular formula is C5H2ClI2NO2S. The number of hydrogen-bond acceptors (Lipinski definition) is 3. The number of aromatic nitrogens is 1. The Morgan fingerprint density at radius 1 is 1.42 bits per heavy atom. The summed E-state index contributed by atoms with van der Waals surface area (Å²) in [4.78, 5) is 3.68. The molecule has 0 amide bonds. The zero-order chi connectivity index (χ0) is 9.35. The van der Waals surface area contributed by atoms with Gasteiger partial charge in [-0.2, -0.15) is 0 Å². The van der Waals surface area contributed by atoms with Gasteiger partial charge in [-0.15, -0.1) is 0 Å². The lowest BCUT2D eigenvalue weighted by Gasteiger charge is -1.99. The summed E-state index contributed by atoms with van der Waals surface area (Å²) in [6, 6.07) is 1.72. The fraction of sp³-hybridized carbons (Fsp3) is 0. The van der Waals surface area contributed by atoms with Gasteiger partial charge in [0, 0.05) is 20.4 Å². The van der Waals surface area contributed by atoms with Crippen LogP contribution < -0.4 is 0 Å². The quantitative estimate of drug-likeness (QED) is 0.508. The lowest BCUT2D eigenvalue weighted by Crippen LogP contribution is -1.99. The molecule has 1 heterocycles. The van der Waals surface area contributed by atoms with Crippen LogP contribution >= 0.6 is 55.9 Å². The minimum atomic E-state index is -3.71. The smallest absolute Gasteiger partial charge is 0.243 e. The fourth-order valence-electron chi connectivity index (χ4n) is 0.572. The standard InChI is InChI=1S/C5H2ClI2NO2S/c6-12(10,11)5-4(8)3(7)1-2-9-5/h1-2H. The zero-order valence-corrected chi connectivity index (χ0v) is 11.3. The molecule has 0 atom stereocenters. The lowest BCUT2D eigenvalue weighted by molar-refractivity contribution is 0.605. The molecule has 1 rings (SSSR count). The molecule has 1 aromatic rings. The van der Waals surface area contributed by atoms with Crippen LogP contribution in [0.2, 0.25) is 0 Å². The van der Waals surface area contributed by atoms with Crippen LogP contribution in [-0.4, -0.2) is 13.4 Å². The predicted molar refractivity (Wildman–Crippen MR) is 62.7 cm³/mol. The van der Waals surface area contributed by atoms with Gasteiger partial charge in [0.2, 0.25) is 0 Å². The third kappa shape index (κ3) is 2.42. The van der Waals surface area contributed by atoms with Crippen molar-refractivity contribution in [3.05, 3.63) is 19.4 Å². The first-order valence-electron chi connectivity index (χ1n) is 2.67. The molecule has 0 saturated heterocycles. The molecule has 0 aromatic carbocycles. The van der Waals surface area contributed by atoms with Gasteiger partial charge >= 0.3 is 0 Å². The van der Waals surface area contributed by atoms with Gasteiger partial charge in [-0.1, -0.05) is 0 Å². The van der Waals surface area contributed by atoms with Gasteiger partial charge in [0.25, 0.3) is 9.05 Å². The number of hydrogen-bond donors (Lipinski definition) is 0. The molecule has 1 aromatic heterocycles. The first-order chi connectivity index (χ1) is 5.43. The fourth-order valence-corrected chi connectivity index (χ4v) is 3.61. The summed E-state index contributed by atoms with van der Waals surface area (Å²) in [7, 11) is 1.43. The van der Waals surface area contributed by atoms with Gasteiger partial charge in [0.05, 0.1) is 3.57 Å². The Labute approximate surface area is 102 Å². The van der Waals surface area contributed by atoms with E-state index >= 15 is 0 Å². The molecule has 3 nitrogen and oxygen atoms in total. The van der Waals surface area contributed by atoms with Gasteiger partial charge in [0.1, 0.15) is 0 Å². The molecule has 12 heavy (non-hydrogen) atoms. The third-order valence-corrected chi connectivity index (χ3v) is 5.64. The summed E-state index contributed by atoms with van der Waals surface area (Å²) < 4.78 is 23.2. The van der Waals surface area contributed by atoms with Crippen LogP contribution in [0.4, 0.5) is 0 Å². The van der Waals surface area contributed by atoms with E-state index in [1.807, 2.05) is 45.2 Å². The number of rotatable bonds is 1. The summed E-state index contributed by atoms with van der Waals surface area (Å²) in [5.74, 6) is 0. The molecule has 7 heteroatoms. The van der Waals surface area contributed by atoms with E-state index < -0.39 is 9.05 Å². The summed E-state index contributed by atoms with van der Waals surface area (Å²) in [6.45, 7) is 0. The second-order valence-corrected chi connectivity index (χ2v) is 6.57. The topological polar surface area (TPSA) is 47.0 Å². The molecule has 0 N–H and O–H groups in total. The Kier molecular flexibility index (Phi) is 3.58. The number of nitrogens with zero attached hydrogens (tertiary/aromatic N) is 1. The maximum atomic E-state index is 10.9. The lowest BCUT2D eigenvalue weighted by atomic mass is 10.5. The SMILES string of the molecule is O=S(=O)(Cl)c1nccc(I)c1I. The molecule has 0 aliphatic heterocycles. The molecule has 0 saturated carbocycles. The first kappa shape index (κ1) is 10.9. The van der Waals surface area contributed by atoms with Crippen molar-refractivity contribution in [3.8, 4) is 0 Å². The second kappa shape index (κ2) is 3.93. The van der Waals surface area contributed by atoms with E-state index in [2.05, 4.69) is 4.98 Å². The van der Waals surface area contributed by atoms with Gasteiger partial charge in [-0.05, 0) is 51.2 Å². The Morgan fingerprint density at radius 3 is 2.42 bits per heavy atom. The van der Waals surface area contributed by atoms with Crippen LogP contribution in [0.5, 0.6) is 0 Å². The Balaban J connectivity index is 3.47. The maximum absolute atomic E-state index is 10.9. The van der Waals surface area contributed by atoms with Crippen LogP contribution in [0.3, 0.4) is 0 Å². The molecular weight excluding hydrogens is 427 g/mol. The van der Waals surface area contributed by atoms with E-state index in [9.17, 15) is 8.42 Å². The summed E-state index contributed by atoms with van der Waals surface area (Å²) in [5.41, 5.74) is 0. The zero-order valence-electron chi connectivity index (χ0n) is 5.46. The third-order valence-electron chi connectivity index (χ3n) is 1.04. The van der Waals surface area contributed by atoms with Gasteiger partial charge < -0.3 is 0 Å². The van der Waals surface area contributed by atoms with Crippen molar-refractivity contribution >= 4 is 64.9 Å². The van der Waals surface area contributed by atoms with E-state index in [4.69, 9.17) is 10.7 Å². The monoisotopic (exact) mass is 429 g/mol. The Morgan fingerprint density at radius 2 is 2.00 bits per heavy atom. The van der Waals surface area contributed by atoms with Crippen molar-refractivity contribution in [1.82, 2.24) is 4.98 Å². The van der Waals surface area contributed by atoms with Crippen molar-refractivity contribution < 1.29 is 8.42 Å². The van der Waals surface area contributed by atoms with E-state index in [0.717, 1.165) is 3.57 Å². The van der Waals surface area contributed by atoms with Crippen LogP contribution in [0, 0.1) is 7.14 Å². The molecule has 0 aliphatic carbocycles. The maximum Gasteiger partial charge on any atom is 0.279 e. The normalized spacial score (nSPS) is 11.6. The first-order valence-corrected chi connectivity index (χ1v) is 7.14. The summed E-state index contributed by atoms with van der Waals surface area (Å²) >= 11 is 3.92. The van der Waals surface area contributed by atoms with Crippen molar-refractivity contribution in [1.29, 1.82) is 0 Å². The van der Waals surface area contributed by atoms with E-state index in [1.54, 1.807) is 6.07 Å². The van der Waals surface area contributed by atoms with Gasteiger partial charge in [-0.25, -0.2) is 13.4 Å². The highest BCUT2D eigenvalue weighted by Crippen LogP contribution is 2.23. The minimum absolute atomic E-state index is 0.0725. The van der Waals surface area contributed by atoms with Crippen molar-refractivity contribution in [3.63, 3.8) is 0 Å². The Hall–Kier alpha value is 0.850. The van der Waals surface area contributed by atoms with Crippen LogP contribution in [-0.2, 0) is 9.05 Å². The molecule has 0 fully saturated rings. The minimum Gasteiger partial charge on any atom is -0.243 e. The van der Waals surface area contributed by atoms with Crippen molar-refractivity contribution in [2.45, 2.75) is 5.03 Å². The molecule has 0 radical (unpaired) electrons. The van der Waals surface area contributed by atoms with E-state index in [0.29, 0.717) is 3.57 Å². The van der Waals surface area contributed by atoms with Gasteiger partial charge in [-0.3, -0.25) is 0 Å². The van der Waals surface area contributed by atoms with Crippen LogP contribution in [0.15, 0.2) is 17.3 Å². The van der Waals surface area contributed by atoms with E-state index in [-0.39, 0.29) is 5.03 Å². The highest BCUT2D eigenvalue weighted by molar-refractivity contribution is 14.1. The second-order valence-electron chi connectivity index (χ2n) is 1.85. The highest BCUT2D eigenvalue weighted by atomic mass is 127. The number of pyridine rings is 1. The average molecular weight is 429 g/mol. The van der Waals surface area contributed by atoms with Gasteiger partial charge in [0.15, 0.2) is 5.03 Å². The summed E-state index contributed by atoms with van der Waals surface area (Å²) in [5, 5.41) is -0.0725. The molecule has 0 spiro atoms. The molecule has 0 aliphatic rings. The van der Waals surface area contributed by atoms with Crippen molar-refractivity contribution in [2.75, 3.05) is 0 Å². The summed E-state index contributed by atoms with van der Waals surface area (Å²) in [6.07, 6.45) is 1.42. The van der Waals surface area contributed by atoms with Crippen molar-refractivity contribution in [2.24, 2.45) is 0 Å². The number of halogens is 3. The largest absolute Gasteiger partial charge is 0.279 e. The predicted octanol–water partition coefficient (Wildman–Crippen LogP) is 2.22. The van der Waals surface area contributed by atoms with E-state index in [1.165, 1.54) is 6.20 Å². The average Bonchev–Trinajstić information content (AvgIpc) is 1.92. The van der Waals surface area contributed by atoms with Crippen LogP contribution in [0.25, 0.3) is 0 Å². The molecule has 66 valence electrons. The highest BCUT2D eigenvalue weighted by Gasteiger charge is 2.17. The van der Waals surface area contributed by atoms with Crippen LogP contribution in [0.1, 0.15) is 0 Å². The molecule has 0 unspecified atom stereocenters. The Bertz CT molecular complexity index is 406.